The minimum Gasteiger partial charge on any atom is -0.338 e. The first kappa shape index (κ1) is 17.5. The van der Waals surface area contributed by atoms with Gasteiger partial charge < -0.3 is 4.98 Å². The number of hydrogen-bond donors (Lipinski definition) is 2. The smallest absolute Gasteiger partial charge is 0.181 e. The number of benzene rings is 1. The van der Waals surface area contributed by atoms with Crippen molar-refractivity contribution in [2.45, 2.75) is 0 Å². The summed E-state index contributed by atoms with van der Waals surface area (Å²) in [5.41, 5.74) is 6.14. The van der Waals surface area contributed by atoms with E-state index < -0.39 is 0 Å². The van der Waals surface area contributed by atoms with Gasteiger partial charge >= 0.3 is 0 Å². The van der Waals surface area contributed by atoms with Crippen LogP contribution in [0.3, 0.4) is 0 Å². The molecule has 0 unspecified atom stereocenters. The molecule has 6 nitrogen and oxygen atoms in total. The lowest BCUT2D eigenvalue weighted by Gasteiger charge is -2.04. The quantitative estimate of drug-likeness (QED) is 0.414. The molecule has 5 aromatic heterocycles. The zero-order chi connectivity index (χ0) is 20.8. The van der Waals surface area contributed by atoms with Crippen LogP contribution in [0.2, 0.25) is 0 Å². The molecule has 1 aromatic carbocycles. The fourth-order valence-corrected chi connectivity index (χ4v) is 3.87. The summed E-state index contributed by atoms with van der Waals surface area (Å²) in [5, 5.41) is 9.13. The van der Waals surface area contributed by atoms with Crippen molar-refractivity contribution in [1.82, 2.24) is 30.1 Å². The highest BCUT2D eigenvalue weighted by molar-refractivity contribution is 5.99. The summed E-state index contributed by atoms with van der Waals surface area (Å²) in [5.74, 6) is -0.268. The molecule has 0 fully saturated rings. The molecule has 0 aliphatic heterocycles. The fraction of sp³-hybridized carbons (Fsp3) is 0. The molecule has 6 rings (SSSR count). The average molecular weight is 406 g/mol. The summed E-state index contributed by atoms with van der Waals surface area (Å²) < 4.78 is 14.4. The van der Waals surface area contributed by atoms with E-state index in [0.717, 1.165) is 38.9 Å². The molecule has 0 radical (unpaired) electrons. The van der Waals surface area contributed by atoms with Crippen molar-refractivity contribution in [3.05, 3.63) is 85.2 Å². The van der Waals surface area contributed by atoms with Crippen LogP contribution in [0.4, 0.5) is 4.39 Å². The maximum Gasteiger partial charge on any atom is 0.181 e. The van der Waals surface area contributed by atoms with Gasteiger partial charge in [0, 0.05) is 52.3 Å². The van der Waals surface area contributed by atoms with Gasteiger partial charge in [0.2, 0.25) is 0 Å². The predicted molar refractivity (Wildman–Crippen MR) is 118 cm³/mol. The Labute approximate surface area is 175 Å². The highest BCUT2D eigenvalue weighted by atomic mass is 19.1. The Kier molecular flexibility index (Phi) is 3.86. The Hall–Kier alpha value is -4.39. The standard InChI is InChI=1S/C24H15FN6/c25-20-6-2-1-5-17(20)16-7-9-27-23-18(16)11-21(29-23)22-19-10-15(13-28-24(19)31-30-22)14-4-3-8-26-12-14/h1-13H,(H,27,29)(H,28,30,31). The molecule has 2 N–H and O–H groups in total. The highest BCUT2D eigenvalue weighted by Crippen LogP contribution is 2.34. The molecular weight excluding hydrogens is 391 g/mol. The van der Waals surface area contributed by atoms with E-state index in [-0.39, 0.29) is 5.82 Å². The SMILES string of the molecule is Fc1ccccc1-c1ccnc2[nH]c(-c3[nH]nc4ncc(-c5cccnc5)cc34)cc12. The molecule has 0 amide bonds. The van der Waals surface area contributed by atoms with Crippen LogP contribution in [0.1, 0.15) is 0 Å². The summed E-state index contributed by atoms with van der Waals surface area (Å²) in [7, 11) is 0. The van der Waals surface area contributed by atoms with Crippen LogP contribution in [0.5, 0.6) is 0 Å². The normalized spacial score (nSPS) is 11.4. The first-order chi connectivity index (χ1) is 15.3. The van der Waals surface area contributed by atoms with Gasteiger partial charge in [-0.15, -0.1) is 0 Å². The third kappa shape index (κ3) is 2.86. The number of H-pyrrole nitrogens is 2. The maximum absolute atomic E-state index is 14.4. The van der Waals surface area contributed by atoms with Crippen LogP contribution in [0.25, 0.3) is 55.7 Å². The molecule has 0 atom stereocenters. The fourth-order valence-electron chi connectivity index (χ4n) is 3.87. The van der Waals surface area contributed by atoms with Gasteiger partial charge in [-0.05, 0) is 35.9 Å². The Morgan fingerprint density at radius 2 is 1.71 bits per heavy atom. The summed E-state index contributed by atoms with van der Waals surface area (Å²) >= 11 is 0. The number of rotatable bonds is 3. The van der Waals surface area contributed by atoms with E-state index >= 15 is 0 Å². The number of hydrogen-bond acceptors (Lipinski definition) is 4. The minimum atomic E-state index is -0.268. The lowest BCUT2D eigenvalue weighted by Crippen LogP contribution is -1.85. The zero-order valence-electron chi connectivity index (χ0n) is 16.2. The third-order valence-electron chi connectivity index (χ3n) is 5.37. The van der Waals surface area contributed by atoms with Crippen molar-refractivity contribution in [3.8, 4) is 33.6 Å². The van der Waals surface area contributed by atoms with Gasteiger partial charge in [-0.25, -0.2) is 14.4 Å². The molecular formula is C24H15FN6. The van der Waals surface area contributed by atoms with E-state index in [4.69, 9.17) is 0 Å². The number of nitrogens with zero attached hydrogens (tertiary/aromatic N) is 4. The van der Waals surface area contributed by atoms with Crippen molar-refractivity contribution in [2.75, 3.05) is 0 Å². The largest absolute Gasteiger partial charge is 0.338 e. The number of halogens is 1. The van der Waals surface area contributed by atoms with Crippen molar-refractivity contribution in [2.24, 2.45) is 0 Å². The van der Waals surface area contributed by atoms with E-state index in [1.54, 1.807) is 36.9 Å². The molecule has 0 saturated carbocycles. The van der Waals surface area contributed by atoms with Gasteiger partial charge in [0.1, 0.15) is 11.5 Å². The summed E-state index contributed by atoms with van der Waals surface area (Å²) in [4.78, 5) is 16.4. The van der Waals surface area contributed by atoms with Crippen LogP contribution in [-0.2, 0) is 0 Å². The Morgan fingerprint density at radius 3 is 2.58 bits per heavy atom. The van der Waals surface area contributed by atoms with Gasteiger partial charge in [0.15, 0.2) is 5.65 Å². The van der Waals surface area contributed by atoms with Crippen molar-refractivity contribution in [1.29, 1.82) is 0 Å². The second kappa shape index (κ2) is 6.84. The van der Waals surface area contributed by atoms with E-state index in [2.05, 4.69) is 30.1 Å². The zero-order valence-corrected chi connectivity index (χ0v) is 16.2. The van der Waals surface area contributed by atoms with E-state index in [1.807, 2.05) is 36.4 Å². The van der Waals surface area contributed by atoms with Crippen LogP contribution < -0.4 is 0 Å². The van der Waals surface area contributed by atoms with Crippen LogP contribution >= 0.6 is 0 Å². The second-order valence-corrected chi connectivity index (χ2v) is 7.22. The molecule has 0 saturated heterocycles. The van der Waals surface area contributed by atoms with Crippen LogP contribution in [-0.4, -0.2) is 30.1 Å². The number of aromatic amines is 2. The van der Waals surface area contributed by atoms with Crippen molar-refractivity contribution >= 4 is 22.1 Å². The van der Waals surface area contributed by atoms with E-state index in [9.17, 15) is 4.39 Å². The summed E-state index contributed by atoms with van der Waals surface area (Å²) in [6.45, 7) is 0. The number of nitrogens with one attached hydrogen (secondary N) is 2. The predicted octanol–water partition coefficient (Wildman–Crippen LogP) is 5.37. The number of fused-ring (bicyclic) bond motifs is 2. The highest BCUT2D eigenvalue weighted by Gasteiger charge is 2.16. The molecule has 148 valence electrons. The molecule has 0 bridgehead atoms. The molecule has 0 spiro atoms. The van der Waals surface area contributed by atoms with Crippen molar-refractivity contribution < 1.29 is 4.39 Å². The molecule has 5 heterocycles. The second-order valence-electron chi connectivity index (χ2n) is 7.22. The average Bonchev–Trinajstić information content (AvgIpc) is 3.43. The van der Waals surface area contributed by atoms with Crippen LogP contribution in [0, 0.1) is 5.82 Å². The van der Waals surface area contributed by atoms with Crippen LogP contribution in [0.15, 0.2) is 79.4 Å². The lowest BCUT2D eigenvalue weighted by atomic mass is 10.0. The Bertz CT molecular complexity index is 1550. The Balaban J connectivity index is 1.53. The first-order valence-electron chi connectivity index (χ1n) is 9.75. The van der Waals surface area contributed by atoms with E-state index in [0.29, 0.717) is 16.9 Å². The van der Waals surface area contributed by atoms with E-state index in [1.165, 1.54) is 6.07 Å². The number of pyridine rings is 3. The monoisotopic (exact) mass is 406 g/mol. The third-order valence-corrected chi connectivity index (χ3v) is 5.37. The van der Waals surface area contributed by atoms with Gasteiger partial charge in [-0.2, -0.15) is 5.10 Å². The molecule has 0 aliphatic carbocycles. The minimum absolute atomic E-state index is 0.268. The van der Waals surface area contributed by atoms with Gasteiger partial charge in [-0.3, -0.25) is 10.1 Å². The van der Waals surface area contributed by atoms with Crippen molar-refractivity contribution in [3.63, 3.8) is 0 Å². The first-order valence-corrected chi connectivity index (χ1v) is 9.75. The Morgan fingerprint density at radius 1 is 0.774 bits per heavy atom. The molecule has 7 heteroatoms. The van der Waals surface area contributed by atoms with Gasteiger partial charge in [0.05, 0.1) is 11.4 Å². The summed E-state index contributed by atoms with van der Waals surface area (Å²) in [6, 6.07) is 16.5. The summed E-state index contributed by atoms with van der Waals surface area (Å²) in [6.07, 6.45) is 7.00. The topological polar surface area (TPSA) is 83.1 Å². The molecule has 31 heavy (non-hydrogen) atoms. The molecule has 6 aromatic rings. The van der Waals surface area contributed by atoms with Gasteiger partial charge in [-0.1, -0.05) is 24.3 Å². The molecule has 0 aliphatic rings. The number of aromatic nitrogens is 6. The van der Waals surface area contributed by atoms with Gasteiger partial charge in [0.25, 0.3) is 0 Å². The maximum atomic E-state index is 14.4. The lowest BCUT2D eigenvalue weighted by molar-refractivity contribution is 0.631.